The first-order chi connectivity index (χ1) is 11.7. The Morgan fingerprint density at radius 3 is 2.67 bits per heavy atom. The summed E-state index contributed by atoms with van der Waals surface area (Å²) in [5, 5.41) is 4.60. The lowest BCUT2D eigenvalue weighted by Crippen LogP contribution is -2.20. The number of nitrogens with two attached hydrogens (primary N) is 1. The van der Waals surface area contributed by atoms with Crippen LogP contribution in [0.5, 0.6) is 5.75 Å². The lowest BCUT2D eigenvalue weighted by molar-refractivity contribution is 0.253. The summed E-state index contributed by atoms with van der Waals surface area (Å²) < 4.78 is 20.4. The molecule has 0 amide bonds. The molecule has 128 valence electrons. The summed E-state index contributed by atoms with van der Waals surface area (Å²) in [6, 6.07) is 7.55. The Bertz CT molecular complexity index is 719. The predicted octanol–water partition coefficient (Wildman–Crippen LogP) is 3.42. The molecule has 1 aromatic heterocycles. The maximum atomic E-state index is 12.7. The fourth-order valence-corrected chi connectivity index (χ4v) is 2.61. The van der Waals surface area contributed by atoms with Crippen LogP contribution in [-0.4, -0.2) is 27.4 Å². The maximum Gasteiger partial charge on any atom is 0.181 e. The molecule has 1 atom stereocenters. The summed E-state index contributed by atoms with van der Waals surface area (Å²) in [4.78, 5) is 4.69. The van der Waals surface area contributed by atoms with Gasteiger partial charge in [0.25, 0.3) is 0 Å². The second-order valence-electron chi connectivity index (χ2n) is 6.06. The molecule has 5 nitrogen and oxygen atoms in total. The van der Waals surface area contributed by atoms with Crippen LogP contribution in [0, 0.1) is 0 Å². The highest BCUT2D eigenvalue weighted by Gasteiger charge is 2.29. The van der Waals surface area contributed by atoms with Crippen LogP contribution >= 0.6 is 0 Å². The third-order valence-corrected chi connectivity index (χ3v) is 4.27. The average Bonchev–Trinajstić information content (AvgIpc) is 3.35. The van der Waals surface area contributed by atoms with Crippen molar-refractivity contribution >= 4 is 0 Å². The van der Waals surface area contributed by atoms with Gasteiger partial charge in [-0.1, -0.05) is 0 Å². The molecule has 1 saturated carbocycles. The number of hydrogen-bond donors (Lipinski definition) is 1. The third kappa shape index (κ3) is 3.48. The highest BCUT2D eigenvalue weighted by molar-refractivity contribution is 5.56. The van der Waals surface area contributed by atoms with Gasteiger partial charge in [-0.15, -0.1) is 0 Å². The zero-order chi connectivity index (χ0) is 17.1. The van der Waals surface area contributed by atoms with E-state index in [-0.39, 0.29) is 6.54 Å². The van der Waals surface area contributed by atoms with Crippen LogP contribution in [0.2, 0.25) is 0 Å². The summed E-state index contributed by atoms with van der Waals surface area (Å²) in [6.07, 6.45) is 2.52. The number of aryl methyl sites for hydroxylation is 1. The number of benzene rings is 1. The highest BCUT2D eigenvalue weighted by atomic mass is 19.1. The van der Waals surface area contributed by atoms with Crippen LogP contribution in [0.3, 0.4) is 0 Å². The SMILES string of the molecule is CCn1nc(-c2ccc(OC(C)/C(=C/F)CN)cc2)nc1C1CC1. The quantitative estimate of drug-likeness (QED) is 0.845. The zero-order valence-corrected chi connectivity index (χ0v) is 14.1. The first kappa shape index (κ1) is 16.6. The van der Waals surface area contributed by atoms with E-state index in [0.29, 0.717) is 23.6 Å². The largest absolute Gasteiger partial charge is 0.486 e. The molecule has 1 aliphatic carbocycles. The first-order valence-corrected chi connectivity index (χ1v) is 8.37. The standard InChI is InChI=1S/C18H23FN4O/c1-3-23-18(14-4-5-14)21-17(22-23)13-6-8-16(9-7-13)24-12(2)15(10-19)11-20/h6-10,12,14H,3-5,11,20H2,1-2H3/b15-10+. The van der Waals surface area contributed by atoms with Crippen molar-refractivity contribution in [3.05, 3.63) is 42.0 Å². The molecule has 0 bridgehead atoms. The van der Waals surface area contributed by atoms with Gasteiger partial charge in [0.1, 0.15) is 17.7 Å². The Morgan fingerprint density at radius 2 is 2.12 bits per heavy atom. The summed E-state index contributed by atoms with van der Waals surface area (Å²) in [7, 11) is 0. The second-order valence-corrected chi connectivity index (χ2v) is 6.06. The predicted molar refractivity (Wildman–Crippen MR) is 91.4 cm³/mol. The average molecular weight is 330 g/mol. The molecule has 0 saturated heterocycles. The van der Waals surface area contributed by atoms with E-state index in [1.54, 1.807) is 6.92 Å². The molecule has 0 aliphatic heterocycles. The Labute approximate surface area is 141 Å². The van der Waals surface area contributed by atoms with E-state index in [4.69, 9.17) is 15.5 Å². The smallest absolute Gasteiger partial charge is 0.181 e. The molecule has 1 aromatic carbocycles. The van der Waals surface area contributed by atoms with Gasteiger partial charge in [0.2, 0.25) is 0 Å². The fourth-order valence-electron chi connectivity index (χ4n) is 2.61. The Morgan fingerprint density at radius 1 is 1.42 bits per heavy atom. The van der Waals surface area contributed by atoms with Crippen LogP contribution in [0.25, 0.3) is 11.4 Å². The van der Waals surface area contributed by atoms with Crippen molar-refractivity contribution in [2.45, 2.75) is 45.3 Å². The number of rotatable bonds is 7. The summed E-state index contributed by atoms with van der Waals surface area (Å²) >= 11 is 0. The fraction of sp³-hybridized carbons (Fsp3) is 0.444. The van der Waals surface area contributed by atoms with Crippen molar-refractivity contribution in [2.75, 3.05) is 6.54 Å². The van der Waals surface area contributed by atoms with Crippen molar-refractivity contribution < 1.29 is 9.13 Å². The lowest BCUT2D eigenvalue weighted by Gasteiger charge is -2.16. The number of hydrogen-bond acceptors (Lipinski definition) is 4. The van der Waals surface area contributed by atoms with Gasteiger partial charge in [0.15, 0.2) is 5.82 Å². The zero-order valence-electron chi connectivity index (χ0n) is 14.1. The van der Waals surface area contributed by atoms with E-state index in [0.717, 1.165) is 23.8 Å². The van der Waals surface area contributed by atoms with Gasteiger partial charge < -0.3 is 10.5 Å². The van der Waals surface area contributed by atoms with E-state index < -0.39 is 6.10 Å². The summed E-state index contributed by atoms with van der Waals surface area (Å²) in [5.41, 5.74) is 6.87. The van der Waals surface area contributed by atoms with Gasteiger partial charge in [-0.25, -0.2) is 14.1 Å². The van der Waals surface area contributed by atoms with E-state index in [9.17, 15) is 4.39 Å². The van der Waals surface area contributed by atoms with E-state index in [1.165, 1.54) is 12.8 Å². The maximum absolute atomic E-state index is 12.7. The minimum absolute atomic E-state index is 0.137. The number of aromatic nitrogens is 3. The van der Waals surface area contributed by atoms with Crippen LogP contribution in [0.15, 0.2) is 36.2 Å². The molecule has 2 aromatic rings. The van der Waals surface area contributed by atoms with Crippen molar-refractivity contribution in [3.8, 4) is 17.1 Å². The Balaban J connectivity index is 1.75. The van der Waals surface area contributed by atoms with Gasteiger partial charge in [0.05, 0.1) is 6.33 Å². The molecule has 1 heterocycles. The molecule has 2 N–H and O–H groups in total. The van der Waals surface area contributed by atoms with E-state index in [2.05, 4.69) is 12.0 Å². The first-order valence-electron chi connectivity index (χ1n) is 8.37. The minimum atomic E-state index is -0.398. The van der Waals surface area contributed by atoms with Crippen molar-refractivity contribution in [1.29, 1.82) is 0 Å². The van der Waals surface area contributed by atoms with Gasteiger partial charge in [-0.2, -0.15) is 5.10 Å². The van der Waals surface area contributed by atoms with Crippen LogP contribution < -0.4 is 10.5 Å². The van der Waals surface area contributed by atoms with Gasteiger partial charge >= 0.3 is 0 Å². The monoisotopic (exact) mass is 330 g/mol. The van der Waals surface area contributed by atoms with Crippen LogP contribution in [-0.2, 0) is 6.54 Å². The summed E-state index contributed by atoms with van der Waals surface area (Å²) in [6.45, 7) is 4.82. The molecular formula is C18H23FN4O. The van der Waals surface area contributed by atoms with E-state index in [1.807, 2.05) is 28.9 Å². The van der Waals surface area contributed by atoms with Gasteiger partial charge in [-0.3, -0.25) is 0 Å². The van der Waals surface area contributed by atoms with Gasteiger partial charge in [-0.05, 0) is 51.0 Å². The molecule has 1 aliphatic rings. The molecule has 0 spiro atoms. The molecule has 6 heteroatoms. The van der Waals surface area contributed by atoms with Crippen LogP contribution in [0.4, 0.5) is 4.39 Å². The molecule has 0 radical (unpaired) electrons. The Hall–Kier alpha value is -2.21. The number of ether oxygens (including phenoxy) is 1. The third-order valence-electron chi connectivity index (χ3n) is 4.27. The van der Waals surface area contributed by atoms with Crippen LogP contribution in [0.1, 0.15) is 38.4 Å². The molecule has 24 heavy (non-hydrogen) atoms. The van der Waals surface area contributed by atoms with E-state index >= 15 is 0 Å². The number of nitrogens with zero attached hydrogens (tertiary/aromatic N) is 3. The van der Waals surface area contributed by atoms with Crippen molar-refractivity contribution in [3.63, 3.8) is 0 Å². The summed E-state index contributed by atoms with van der Waals surface area (Å²) in [5.74, 6) is 3.06. The highest BCUT2D eigenvalue weighted by Crippen LogP contribution is 2.39. The second kappa shape index (κ2) is 7.13. The molecular weight excluding hydrogens is 307 g/mol. The number of halogens is 1. The normalized spacial score (nSPS) is 16.2. The molecule has 1 fully saturated rings. The van der Waals surface area contributed by atoms with Gasteiger partial charge in [0, 0.05) is 30.1 Å². The molecule has 3 rings (SSSR count). The molecule has 1 unspecified atom stereocenters. The van der Waals surface area contributed by atoms with Crippen molar-refractivity contribution in [2.24, 2.45) is 5.73 Å². The topological polar surface area (TPSA) is 66.0 Å². The minimum Gasteiger partial charge on any atom is -0.486 e. The lowest BCUT2D eigenvalue weighted by atomic mass is 10.2. The Kier molecular flexibility index (Phi) is 4.94. The van der Waals surface area contributed by atoms with Crippen molar-refractivity contribution in [1.82, 2.24) is 14.8 Å².